The van der Waals surface area contributed by atoms with E-state index in [0.717, 1.165) is 10.9 Å². The van der Waals surface area contributed by atoms with Crippen LogP contribution in [-0.2, 0) is 0 Å². The highest BCUT2D eigenvalue weighted by atomic mass is 14.7. The number of nitrogen functional groups attached to an aromatic ring is 3. The molecule has 0 fully saturated rings. The van der Waals surface area contributed by atoms with Gasteiger partial charge in [0.15, 0.2) is 0 Å². The van der Waals surface area contributed by atoms with Crippen molar-refractivity contribution in [3.8, 4) is 0 Å². The number of hydrogen-bond acceptors (Lipinski definition) is 4. The lowest BCUT2D eigenvalue weighted by molar-refractivity contribution is 1.41. The minimum Gasteiger partial charge on any atom is -0.399 e. The molecule has 0 radical (unpaired) electrons. The van der Waals surface area contributed by atoms with E-state index < -0.39 is 0 Å². The molecule has 13 heavy (non-hydrogen) atoms. The van der Waals surface area contributed by atoms with Gasteiger partial charge in [-0.25, -0.2) is 0 Å². The molecule has 4 nitrogen and oxygen atoms in total. The lowest BCUT2D eigenvalue weighted by atomic mass is 10.1. The summed E-state index contributed by atoms with van der Waals surface area (Å²) in [6.07, 6.45) is 1.58. The van der Waals surface area contributed by atoms with Gasteiger partial charge < -0.3 is 17.2 Å². The standard InChI is InChI=1S/C9H10N4/c10-6-1-5-2-7(11)4-13-9(5)8(12)3-6/h1-4H,10-12H2. The molecule has 0 unspecified atom stereocenters. The summed E-state index contributed by atoms with van der Waals surface area (Å²) in [5, 5.41) is 0.873. The van der Waals surface area contributed by atoms with E-state index >= 15 is 0 Å². The zero-order valence-electron chi connectivity index (χ0n) is 6.99. The van der Waals surface area contributed by atoms with Gasteiger partial charge in [-0.2, -0.15) is 0 Å². The summed E-state index contributed by atoms with van der Waals surface area (Å²) in [6.45, 7) is 0. The van der Waals surface area contributed by atoms with Crippen LogP contribution < -0.4 is 17.2 Å². The van der Waals surface area contributed by atoms with E-state index in [1.54, 1.807) is 24.4 Å². The zero-order chi connectivity index (χ0) is 9.42. The fourth-order valence-electron chi connectivity index (χ4n) is 1.32. The number of fused-ring (bicyclic) bond motifs is 1. The van der Waals surface area contributed by atoms with Gasteiger partial charge >= 0.3 is 0 Å². The van der Waals surface area contributed by atoms with Crippen LogP contribution in [0, 0.1) is 0 Å². The minimum absolute atomic E-state index is 0.579. The summed E-state index contributed by atoms with van der Waals surface area (Å²) < 4.78 is 0. The Morgan fingerprint density at radius 3 is 2.38 bits per heavy atom. The van der Waals surface area contributed by atoms with Gasteiger partial charge in [-0.05, 0) is 18.2 Å². The third kappa shape index (κ3) is 1.22. The molecule has 0 aliphatic rings. The second-order valence-corrected chi connectivity index (χ2v) is 2.95. The molecule has 1 aromatic carbocycles. The van der Waals surface area contributed by atoms with Crippen LogP contribution in [-0.4, -0.2) is 4.98 Å². The van der Waals surface area contributed by atoms with Crippen molar-refractivity contribution >= 4 is 28.0 Å². The topological polar surface area (TPSA) is 90.9 Å². The Morgan fingerprint density at radius 2 is 1.62 bits per heavy atom. The summed E-state index contributed by atoms with van der Waals surface area (Å²) in [5.74, 6) is 0. The van der Waals surface area contributed by atoms with E-state index in [0.29, 0.717) is 17.1 Å². The molecule has 1 aromatic heterocycles. The van der Waals surface area contributed by atoms with Crippen LogP contribution in [0.1, 0.15) is 0 Å². The van der Waals surface area contributed by atoms with E-state index in [4.69, 9.17) is 17.2 Å². The molecule has 2 aromatic rings. The van der Waals surface area contributed by atoms with Crippen LogP contribution in [0.3, 0.4) is 0 Å². The van der Waals surface area contributed by atoms with Crippen molar-refractivity contribution in [1.82, 2.24) is 4.98 Å². The zero-order valence-corrected chi connectivity index (χ0v) is 6.99. The molecular formula is C9H10N4. The number of benzene rings is 1. The quantitative estimate of drug-likeness (QED) is 0.519. The summed E-state index contributed by atoms with van der Waals surface area (Å²) in [6, 6.07) is 5.29. The van der Waals surface area contributed by atoms with Gasteiger partial charge in [-0.15, -0.1) is 0 Å². The lowest BCUT2D eigenvalue weighted by Gasteiger charge is -2.03. The van der Waals surface area contributed by atoms with E-state index in [9.17, 15) is 0 Å². The first kappa shape index (κ1) is 7.67. The van der Waals surface area contributed by atoms with E-state index in [1.807, 2.05) is 0 Å². The Balaban J connectivity index is 2.86. The maximum absolute atomic E-state index is 5.72. The van der Waals surface area contributed by atoms with E-state index in [2.05, 4.69) is 4.98 Å². The first-order valence-corrected chi connectivity index (χ1v) is 3.87. The van der Waals surface area contributed by atoms with Crippen LogP contribution in [0.2, 0.25) is 0 Å². The molecule has 0 saturated carbocycles. The summed E-state index contributed by atoms with van der Waals surface area (Å²) >= 11 is 0. The predicted molar refractivity (Wildman–Crippen MR) is 55.0 cm³/mol. The average Bonchev–Trinajstić information content (AvgIpc) is 2.02. The number of nitrogens with two attached hydrogens (primary N) is 3. The van der Waals surface area contributed by atoms with Crippen LogP contribution in [0.25, 0.3) is 10.9 Å². The van der Waals surface area contributed by atoms with Gasteiger partial charge in [0, 0.05) is 11.1 Å². The van der Waals surface area contributed by atoms with Crippen molar-refractivity contribution in [3.05, 3.63) is 24.4 Å². The molecule has 0 aliphatic carbocycles. The predicted octanol–water partition coefficient (Wildman–Crippen LogP) is 0.981. The molecule has 1 heterocycles. The van der Waals surface area contributed by atoms with Crippen LogP contribution >= 0.6 is 0 Å². The molecule has 0 spiro atoms. The van der Waals surface area contributed by atoms with E-state index in [1.165, 1.54) is 0 Å². The van der Waals surface area contributed by atoms with Crippen LogP contribution in [0.5, 0.6) is 0 Å². The normalized spacial score (nSPS) is 10.5. The highest BCUT2D eigenvalue weighted by molar-refractivity contribution is 5.93. The Morgan fingerprint density at radius 1 is 0.923 bits per heavy atom. The lowest BCUT2D eigenvalue weighted by Crippen LogP contribution is -1.94. The number of nitrogens with zero attached hydrogens (tertiary/aromatic N) is 1. The molecule has 0 bridgehead atoms. The first-order valence-electron chi connectivity index (χ1n) is 3.87. The Labute approximate surface area is 75.4 Å². The Bertz CT molecular complexity index is 459. The second kappa shape index (κ2) is 2.52. The number of pyridine rings is 1. The molecular weight excluding hydrogens is 164 g/mol. The average molecular weight is 174 g/mol. The Hall–Kier alpha value is -1.97. The van der Waals surface area contributed by atoms with Crippen LogP contribution in [0.4, 0.5) is 17.1 Å². The van der Waals surface area contributed by atoms with Gasteiger partial charge in [0.05, 0.1) is 23.1 Å². The van der Waals surface area contributed by atoms with Crippen molar-refractivity contribution in [3.63, 3.8) is 0 Å². The van der Waals surface area contributed by atoms with Gasteiger partial charge in [0.25, 0.3) is 0 Å². The third-order valence-corrected chi connectivity index (χ3v) is 1.86. The van der Waals surface area contributed by atoms with Crippen molar-refractivity contribution in [2.75, 3.05) is 17.2 Å². The summed E-state index contributed by atoms with van der Waals surface area (Å²) in [4.78, 5) is 4.12. The van der Waals surface area contributed by atoms with Crippen molar-refractivity contribution in [2.24, 2.45) is 0 Å². The van der Waals surface area contributed by atoms with Gasteiger partial charge in [-0.3, -0.25) is 4.98 Å². The Kier molecular flexibility index (Phi) is 1.48. The number of rotatable bonds is 0. The second-order valence-electron chi connectivity index (χ2n) is 2.95. The SMILES string of the molecule is Nc1cnc2c(N)cc(N)cc2c1. The summed E-state index contributed by atoms with van der Waals surface area (Å²) in [5.41, 5.74) is 19.5. The molecule has 0 saturated heterocycles. The molecule has 2 rings (SSSR count). The molecule has 0 aliphatic heterocycles. The van der Waals surface area contributed by atoms with Gasteiger partial charge in [0.1, 0.15) is 0 Å². The number of anilines is 3. The summed E-state index contributed by atoms with van der Waals surface area (Å²) in [7, 11) is 0. The first-order chi connectivity index (χ1) is 6.16. The van der Waals surface area contributed by atoms with Crippen LogP contribution in [0.15, 0.2) is 24.4 Å². The number of hydrogen-bond donors (Lipinski definition) is 3. The largest absolute Gasteiger partial charge is 0.399 e. The van der Waals surface area contributed by atoms with Gasteiger partial charge in [-0.1, -0.05) is 0 Å². The highest BCUT2D eigenvalue weighted by Gasteiger charge is 2.00. The maximum Gasteiger partial charge on any atom is 0.0934 e. The van der Waals surface area contributed by atoms with Crippen molar-refractivity contribution < 1.29 is 0 Å². The van der Waals surface area contributed by atoms with Crippen molar-refractivity contribution in [2.45, 2.75) is 0 Å². The minimum atomic E-state index is 0.579. The smallest absolute Gasteiger partial charge is 0.0934 e. The monoisotopic (exact) mass is 174 g/mol. The molecule has 0 atom stereocenters. The van der Waals surface area contributed by atoms with Crippen molar-refractivity contribution in [1.29, 1.82) is 0 Å². The third-order valence-electron chi connectivity index (χ3n) is 1.86. The molecule has 66 valence electrons. The molecule has 4 heteroatoms. The molecule has 6 N–H and O–H groups in total. The number of aromatic nitrogens is 1. The molecule has 0 amide bonds. The maximum atomic E-state index is 5.72. The fraction of sp³-hybridized carbons (Fsp3) is 0. The fourth-order valence-corrected chi connectivity index (χ4v) is 1.32. The van der Waals surface area contributed by atoms with Gasteiger partial charge in [0.2, 0.25) is 0 Å². The van der Waals surface area contributed by atoms with E-state index in [-0.39, 0.29) is 0 Å². The highest BCUT2D eigenvalue weighted by Crippen LogP contribution is 2.23.